The molecule has 3 nitrogen and oxygen atoms in total. The number of methoxy groups -OCH3 is 1. The van der Waals surface area contributed by atoms with Crippen molar-refractivity contribution in [1.82, 2.24) is 4.98 Å². The number of esters is 1. The van der Waals surface area contributed by atoms with Crippen LogP contribution in [0.3, 0.4) is 0 Å². The molecule has 1 aromatic heterocycles. The van der Waals surface area contributed by atoms with Gasteiger partial charge in [0.25, 0.3) is 6.43 Å². The van der Waals surface area contributed by atoms with Crippen molar-refractivity contribution in [2.75, 3.05) is 7.11 Å². The minimum absolute atomic E-state index is 0.0450. The van der Waals surface area contributed by atoms with Gasteiger partial charge in [0.1, 0.15) is 0 Å². The number of carbonyl (C=O) groups excluding carboxylic acids is 1. The molecule has 1 heterocycles. The Hall–Kier alpha value is -0.310. The number of halogens is 4. The SMILES string of the molecule is COC(=O)Cc1ncc(C(F)F)c(I)c1Br. The Bertz CT molecular complexity index is 415. The molecule has 0 aliphatic rings. The molecule has 1 rings (SSSR count). The minimum Gasteiger partial charge on any atom is -0.469 e. The molecule has 0 atom stereocenters. The van der Waals surface area contributed by atoms with Crippen molar-refractivity contribution < 1.29 is 18.3 Å². The summed E-state index contributed by atoms with van der Waals surface area (Å²) in [4.78, 5) is 14.8. The van der Waals surface area contributed by atoms with E-state index >= 15 is 0 Å². The van der Waals surface area contributed by atoms with Crippen LogP contribution in [0.4, 0.5) is 8.78 Å². The monoisotopic (exact) mass is 405 g/mol. The third-order valence-electron chi connectivity index (χ3n) is 1.83. The summed E-state index contributed by atoms with van der Waals surface area (Å²) in [6.07, 6.45) is -1.55. The molecule has 0 unspecified atom stereocenters. The van der Waals surface area contributed by atoms with Crippen LogP contribution < -0.4 is 0 Å². The van der Waals surface area contributed by atoms with E-state index in [4.69, 9.17) is 0 Å². The van der Waals surface area contributed by atoms with E-state index in [2.05, 4.69) is 25.7 Å². The highest BCUT2D eigenvalue weighted by atomic mass is 127. The summed E-state index contributed by atoms with van der Waals surface area (Å²) in [6, 6.07) is 0. The standard InChI is InChI=1S/C9H7BrF2INO2/c1-16-6(15)2-5-7(10)8(13)4(3-14-5)9(11)12/h3,9H,2H2,1H3. The number of pyridine rings is 1. The number of alkyl halides is 2. The van der Waals surface area contributed by atoms with Crippen molar-refractivity contribution in [3.63, 3.8) is 0 Å². The smallest absolute Gasteiger partial charge is 0.311 e. The van der Waals surface area contributed by atoms with Crippen molar-refractivity contribution >= 4 is 44.5 Å². The van der Waals surface area contributed by atoms with Gasteiger partial charge in [-0.15, -0.1) is 0 Å². The van der Waals surface area contributed by atoms with Crippen LogP contribution in [0.15, 0.2) is 10.7 Å². The van der Waals surface area contributed by atoms with Gasteiger partial charge in [-0.05, 0) is 38.5 Å². The maximum Gasteiger partial charge on any atom is 0.311 e. The zero-order valence-corrected chi connectivity index (χ0v) is 11.9. The van der Waals surface area contributed by atoms with Gasteiger partial charge in [0.2, 0.25) is 0 Å². The molecule has 0 bridgehead atoms. The van der Waals surface area contributed by atoms with Gasteiger partial charge in [0.15, 0.2) is 0 Å². The molecule has 7 heteroatoms. The highest BCUT2D eigenvalue weighted by Crippen LogP contribution is 2.31. The van der Waals surface area contributed by atoms with Crippen LogP contribution in [-0.4, -0.2) is 18.1 Å². The summed E-state index contributed by atoms with van der Waals surface area (Å²) in [6.45, 7) is 0. The van der Waals surface area contributed by atoms with E-state index in [1.54, 1.807) is 22.6 Å². The number of rotatable bonds is 3. The second-order valence-electron chi connectivity index (χ2n) is 2.84. The van der Waals surface area contributed by atoms with Crippen molar-refractivity contribution in [1.29, 1.82) is 0 Å². The lowest BCUT2D eigenvalue weighted by atomic mass is 10.2. The summed E-state index contributed by atoms with van der Waals surface area (Å²) < 4.78 is 30.3. The van der Waals surface area contributed by atoms with E-state index in [1.165, 1.54) is 7.11 Å². The predicted octanol–water partition coefficient (Wildman–Crippen LogP) is 3.10. The second kappa shape index (κ2) is 5.85. The number of hydrogen-bond acceptors (Lipinski definition) is 3. The number of aromatic nitrogens is 1. The van der Waals surface area contributed by atoms with Crippen molar-refractivity contribution in [2.24, 2.45) is 0 Å². The zero-order valence-electron chi connectivity index (χ0n) is 8.14. The average Bonchev–Trinajstić information content (AvgIpc) is 2.24. The van der Waals surface area contributed by atoms with Crippen molar-refractivity contribution in [3.8, 4) is 0 Å². The van der Waals surface area contributed by atoms with Gasteiger partial charge >= 0.3 is 5.97 Å². The van der Waals surface area contributed by atoms with E-state index in [1.807, 2.05) is 0 Å². The van der Waals surface area contributed by atoms with E-state index in [0.717, 1.165) is 6.20 Å². The van der Waals surface area contributed by atoms with Gasteiger partial charge in [-0.25, -0.2) is 8.78 Å². The largest absolute Gasteiger partial charge is 0.469 e. The molecule has 0 spiro atoms. The normalized spacial score (nSPS) is 10.6. The Morgan fingerprint density at radius 3 is 2.81 bits per heavy atom. The van der Waals surface area contributed by atoms with Crippen molar-refractivity contribution in [3.05, 3.63) is 25.5 Å². The Balaban J connectivity index is 3.07. The molecule has 0 aliphatic heterocycles. The first kappa shape index (κ1) is 13.8. The summed E-state index contributed by atoms with van der Waals surface area (Å²) in [7, 11) is 1.26. The first-order valence-corrected chi connectivity index (χ1v) is 6.02. The van der Waals surface area contributed by atoms with E-state index in [-0.39, 0.29) is 12.0 Å². The fraction of sp³-hybridized carbons (Fsp3) is 0.333. The molecule has 0 saturated heterocycles. The lowest BCUT2D eigenvalue weighted by Gasteiger charge is -2.08. The summed E-state index contributed by atoms with van der Waals surface area (Å²) in [5, 5.41) is 0. The first-order chi connectivity index (χ1) is 7.47. The van der Waals surface area contributed by atoms with Crippen LogP contribution in [0, 0.1) is 3.57 Å². The first-order valence-electron chi connectivity index (χ1n) is 4.15. The fourth-order valence-corrected chi connectivity index (χ4v) is 2.16. The van der Waals surface area contributed by atoms with Crippen LogP contribution in [0.2, 0.25) is 0 Å². The van der Waals surface area contributed by atoms with Gasteiger partial charge in [0, 0.05) is 9.77 Å². The topological polar surface area (TPSA) is 39.2 Å². The molecule has 0 radical (unpaired) electrons. The van der Waals surface area contributed by atoms with Gasteiger partial charge < -0.3 is 4.74 Å². The van der Waals surface area contributed by atoms with Crippen LogP contribution in [0.1, 0.15) is 17.7 Å². The molecule has 0 fully saturated rings. The number of hydrogen-bond donors (Lipinski definition) is 0. The number of carbonyl (C=O) groups is 1. The van der Waals surface area contributed by atoms with Crippen LogP contribution in [-0.2, 0) is 16.0 Å². The maximum atomic E-state index is 12.5. The van der Waals surface area contributed by atoms with Gasteiger partial charge in [-0.3, -0.25) is 9.78 Å². The Labute approximate surface area is 113 Å². The zero-order chi connectivity index (χ0) is 12.3. The average molecular weight is 406 g/mol. The van der Waals surface area contributed by atoms with Crippen LogP contribution in [0.25, 0.3) is 0 Å². The summed E-state index contributed by atoms with van der Waals surface area (Å²) in [5.41, 5.74) is 0.238. The molecule has 1 aromatic rings. The van der Waals surface area contributed by atoms with E-state index in [9.17, 15) is 13.6 Å². The second-order valence-corrected chi connectivity index (χ2v) is 4.71. The molecule has 0 aromatic carbocycles. The molecule has 16 heavy (non-hydrogen) atoms. The predicted molar refractivity (Wildman–Crippen MR) is 65.3 cm³/mol. The molecule has 0 amide bonds. The molecule has 0 saturated carbocycles. The highest BCUT2D eigenvalue weighted by Gasteiger charge is 2.18. The van der Waals surface area contributed by atoms with Gasteiger partial charge in [-0.2, -0.15) is 0 Å². The summed E-state index contributed by atoms with van der Waals surface area (Å²) in [5.74, 6) is -0.464. The third kappa shape index (κ3) is 3.09. The lowest BCUT2D eigenvalue weighted by Crippen LogP contribution is -2.08. The third-order valence-corrected chi connectivity index (χ3v) is 4.59. The molecular weight excluding hydrogens is 399 g/mol. The van der Waals surface area contributed by atoms with Crippen molar-refractivity contribution in [2.45, 2.75) is 12.8 Å². The quantitative estimate of drug-likeness (QED) is 0.573. The minimum atomic E-state index is -2.58. The van der Waals surface area contributed by atoms with E-state index < -0.39 is 12.4 Å². The number of nitrogens with zero attached hydrogens (tertiary/aromatic N) is 1. The maximum absolute atomic E-state index is 12.5. The van der Waals surface area contributed by atoms with E-state index in [0.29, 0.717) is 13.7 Å². The number of ether oxygens (including phenoxy) is 1. The Kier molecular flexibility index (Phi) is 5.03. The molecule has 0 aliphatic carbocycles. The highest BCUT2D eigenvalue weighted by molar-refractivity contribution is 14.1. The Morgan fingerprint density at radius 2 is 2.31 bits per heavy atom. The summed E-state index contributed by atoms with van der Waals surface area (Å²) >= 11 is 4.93. The van der Waals surface area contributed by atoms with Gasteiger partial charge in [-0.1, -0.05) is 0 Å². The Morgan fingerprint density at radius 1 is 1.69 bits per heavy atom. The molecule has 88 valence electrons. The molecule has 0 N–H and O–H groups in total. The van der Waals surface area contributed by atoms with Gasteiger partial charge in [0.05, 0.1) is 29.3 Å². The van der Waals surface area contributed by atoms with Crippen LogP contribution >= 0.6 is 38.5 Å². The molecular formula is C9H7BrF2INO2. The van der Waals surface area contributed by atoms with Crippen LogP contribution in [0.5, 0.6) is 0 Å². The lowest BCUT2D eigenvalue weighted by molar-refractivity contribution is -0.139. The fourth-order valence-electron chi connectivity index (χ4n) is 0.998.